The van der Waals surface area contributed by atoms with E-state index in [1.54, 1.807) is 24.3 Å². The average Bonchev–Trinajstić information content (AvgIpc) is 2.60. The Labute approximate surface area is 141 Å². The van der Waals surface area contributed by atoms with Gasteiger partial charge in [0.05, 0.1) is 12.0 Å². The smallest absolute Gasteiger partial charge is 0.335 e. The topological polar surface area (TPSA) is 57.6 Å². The van der Waals surface area contributed by atoms with Crippen LogP contribution in [0, 0.1) is 0 Å². The van der Waals surface area contributed by atoms with Gasteiger partial charge in [-0.15, -0.1) is 0 Å². The fraction of sp³-hybridized carbons (Fsp3) is 0.300. The third kappa shape index (κ3) is 3.18. The molecule has 0 radical (unpaired) electrons. The summed E-state index contributed by atoms with van der Waals surface area (Å²) in [5.41, 5.74) is 3.27. The Hall–Kier alpha value is -2.62. The van der Waals surface area contributed by atoms with Crippen LogP contribution >= 0.6 is 0 Å². The van der Waals surface area contributed by atoms with E-state index in [0.717, 1.165) is 12.8 Å². The first kappa shape index (κ1) is 16.2. The summed E-state index contributed by atoms with van der Waals surface area (Å²) in [6, 6.07) is 15.1. The van der Waals surface area contributed by atoms with Crippen LogP contribution in [0.25, 0.3) is 0 Å². The Morgan fingerprint density at radius 2 is 1.75 bits per heavy atom. The normalized spacial score (nSPS) is 16.5. The molecule has 1 atom stereocenters. The number of amides is 1. The standard InChI is InChI=1S/C20H21NO3/c1-2-17-11-14-7-3-4-9-16(14)13-21(17)19(22)12-15-8-5-6-10-18(15)20(23)24/h3-10,17H,2,11-13H2,1H3,(H,23,24). The molecule has 1 N–H and O–H groups in total. The molecule has 4 heteroatoms. The van der Waals surface area contributed by atoms with Gasteiger partial charge in [-0.25, -0.2) is 4.79 Å². The van der Waals surface area contributed by atoms with Crippen LogP contribution in [0.3, 0.4) is 0 Å². The summed E-state index contributed by atoms with van der Waals surface area (Å²) >= 11 is 0. The molecule has 0 aromatic heterocycles. The van der Waals surface area contributed by atoms with Crippen molar-refractivity contribution in [2.45, 2.75) is 38.8 Å². The van der Waals surface area contributed by atoms with Crippen molar-refractivity contribution in [1.29, 1.82) is 0 Å². The number of hydrogen-bond donors (Lipinski definition) is 1. The first-order valence-corrected chi connectivity index (χ1v) is 8.27. The highest BCUT2D eigenvalue weighted by Gasteiger charge is 2.28. The van der Waals surface area contributed by atoms with Crippen LogP contribution in [0.5, 0.6) is 0 Å². The van der Waals surface area contributed by atoms with Gasteiger partial charge < -0.3 is 10.0 Å². The lowest BCUT2D eigenvalue weighted by molar-refractivity contribution is -0.134. The zero-order chi connectivity index (χ0) is 17.1. The molecule has 1 aliphatic heterocycles. The second kappa shape index (κ2) is 6.87. The largest absolute Gasteiger partial charge is 0.478 e. The number of rotatable bonds is 4. The average molecular weight is 323 g/mol. The van der Waals surface area contributed by atoms with Crippen molar-refractivity contribution in [3.63, 3.8) is 0 Å². The molecule has 1 unspecified atom stereocenters. The van der Waals surface area contributed by atoms with Gasteiger partial charge >= 0.3 is 5.97 Å². The zero-order valence-corrected chi connectivity index (χ0v) is 13.7. The Kier molecular flexibility index (Phi) is 4.65. The van der Waals surface area contributed by atoms with Crippen molar-refractivity contribution >= 4 is 11.9 Å². The summed E-state index contributed by atoms with van der Waals surface area (Å²) in [6.07, 6.45) is 1.88. The summed E-state index contributed by atoms with van der Waals surface area (Å²) in [5.74, 6) is -1.00. The number of hydrogen-bond acceptors (Lipinski definition) is 2. The lowest BCUT2D eigenvalue weighted by atomic mass is 9.92. The Balaban J connectivity index is 1.83. The molecule has 0 bridgehead atoms. The molecule has 124 valence electrons. The summed E-state index contributed by atoms with van der Waals surface area (Å²) in [5, 5.41) is 9.29. The van der Waals surface area contributed by atoms with E-state index >= 15 is 0 Å². The summed E-state index contributed by atoms with van der Waals surface area (Å²) < 4.78 is 0. The van der Waals surface area contributed by atoms with Crippen molar-refractivity contribution in [3.05, 3.63) is 70.8 Å². The lowest BCUT2D eigenvalue weighted by Gasteiger charge is -2.36. The molecule has 2 aromatic carbocycles. The summed E-state index contributed by atoms with van der Waals surface area (Å²) in [7, 11) is 0. The Bertz CT molecular complexity index is 769. The number of benzene rings is 2. The number of carboxylic acids is 1. The van der Waals surface area contributed by atoms with Crippen molar-refractivity contribution in [2.24, 2.45) is 0 Å². The molecule has 3 rings (SSSR count). The third-order valence-corrected chi connectivity index (χ3v) is 4.74. The summed E-state index contributed by atoms with van der Waals surface area (Å²) in [4.78, 5) is 26.1. The van der Waals surface area contributed by atoms with Gasteiger partial charge in [0.1, 0.15) is 0 Å². The fourth-order valence-corrected chi connectivity index (χ4v) is 3.39. The van der Waals surface area contributed by atoms with E-state index in [1.807, 2.05) is 17.0 Å². The van der Waals surface area contributed by atoms with Crippen molar-refractivity contribution < 1.29 is 14.7 Å². The predicted octanol–water partition coefficient (Wildman–Crippen LogP) is 3.29. The number of aromatic carboxylic acids is 1. The van der Waals surface area contributed by atoms with Crippen molar-refractivity contribution in [3.8, 4) is 0 Å². The Morgan fingerprint density at radius 3 is 2.46 bits per heavy atom. The molecule has 24 heavy (non-hydrogen) atoms. The van der Waals surface area contributed by atoms with Crippen LogP contribution in [0.1, 0.15) is 40.4 Å². The van der Waals surface area contributed by atoms with Gasteiger partial charge in [0.15, 0.2) is 0 Å². The maximum Gasteiger partial charge on any atom is 0.335 e. The van der Waals surface area contributed by atoms with Gasteiger partial charge in [-0.3, -0.25) is 4.79 Å². The Morgan fingerprint density at radius 1 is 1.08 bits per heavy atom. The molecule has 1 amide bonds. The van der Waals surface area contributed by atoms with E-state index in [4.69, 9.17) is 0 Å². The van der Waals surface area contributed by atoms with Crippen molar-refractivity contribution in [1.82, 2.24) is 4.90 Å². The van der Waals surface area contributed by atoms with E-state index in [-0.39, 0.29) is 23.9 Å². The van der Waals surface area contributed by atoms with Crippen LogP contribution in [-0.4, -0.2) is 27.9 Å². The third-order valence-electron chi connectivity index (χ3n) is 4.74. The molecule has 0 saturated heterocycles. The zero-order valence-electron chi connectivity index (χ0n) is 13.7. The quantitative estimate of drug-likeness (QED) is 0.939. The lowest BCUT2D eigenvalue weighted by Crippen LogP contribution is -2.44. The van der Waals surface area contributed by atoms with Crippen LogP contribution in [0.2, 0.25) is 0 Å². The van der Waals surface area contributed by atoms with Crippen LogP contribution < -0.4 is 0 Å². The van der Waals surface area contributed by atoms with Crippen LogP contribution in [0.4, 0.5) is 0 Å². The van der Waals surface area contributed by atoms with Gasteiger partial charge in [-0.2, -0.15) is 0 Å². The molecule has 1 heterocycles. The minimum Gasteiger partial charge on any atom is -0.478 e. The number of carbonyl (C=O) groups excluding carboxylic acids is 1. The van der Waals surface area contributed by atoms with Gasteiger partial charge in [0, 0.05) is 12.6 Å². The highest BCUT2D eigenvalue weighted by atomic mass is 16.4. The van der Waals surface area contributed by atoms with E-state index in [2.05, 4.69) is 19.1 Å². The minimum absolute atomic E-state index is 0.00921. The highest BCUT2D eigenvalue weighted by Crippen LogP contribution is 2.26. The molecule has 0 saturated carbocycles. The molecule has 2 aromatic rings. The number of carbonyl (C=O) groups is 2. The van der Waals surface area contributed by atoms with Gasteiger partial charge in [0.25, 0.3) is 0 Å². The van der Waals surface area contributed by atoms with Gasteiger partial charge in [-0.1, -0.05) is 49.4 Å². The predicted molar refractivity (Wildman–Crippen MR) is 91.9 cm³/mol. The molecule has 1 aliphatic rings. The molecular formula is C20H21NO3. The highest BCUT2D eigenvalue weighted by molar-refractivity contribution is 5.91. The molecule has 4 nitrogen and oxygen atoms in total. The van der Waals surface area contributed by atoms with E-state index < -0.39 is 5.97 Å². The first-order chi connectivity index (χ1) is 11.6. The second-order valence-electron chi connectivity index (χ2n) is 6.20. The number of carboxylic acid groups (broad SMARTS) is 1. The van der Waals surface area contributed by atoms with Gasteiger partial charge in [-0.05, 0) is 35.6 Å². The monoisotopic (exact) mass is 323 g/mol. The molecule has 0 fully saturated rings. The van der Waals surface area contributed by atoms with Gasteiger partial charge in [0.2, 0.25) is 5.91 Å². The van der Waals surface area contributed by atoms with E-state index in [1.165, 1.54) is 11.1 Å². The molecular weight excluding hydrogens is 302 g/mol. The van der Waals surface area contributed by atoms with E-state index in [9.17, 15) is 14.7 Å². The molecule has 0 aliphatic carbocycles. The van der Waals surface area contributed by atoms with E-state index in [0.29, 0.717) is 12.1 Å². The minimum atomic E-state index is -0.991. The second-order valence-corrected chi connectivity index (χ2v) is 6.20. The molecule has 0 spiro atoms. The van der Waals surface area contributed by atoms with Crippen LogP contribution in [-0.2, 0) is 24.2 Å². The maximum absolute atomic E-state index is 12.9. The number of nitrogens with zero attached hydrogens (tertiary/aromatic N) is 1. The maximum atomic E-state index is 12.9. The van der Waals surface area contributed by atoms with Crippen molar-refractivity contribution in [2.75, 3.05) is 0 Å². The first-order valence-electron chi connectivity index (χ1n) is 8.27. The van der Waals surface area contributed by atoms with Crippen LogP contribution in [0.15, 0.2) is 48.5 Å². The SMILES string of the molecule is CCC1Cc2ccccc2CN1C(=O)Cc1ccccc1C(=O)O. The number of fused-ring (bicyclic) bond motifs is 1. The summed E-state index contributed by atoms with van der Waals surface area (Å²) in [6.45, 7) is 2.69. The fourth-order valence-electron chi connectivity index (χ4n) is 3.39.